The van der Waals surface area contributed by atoms with Crippen molar-refractivity contribution in [3.8, 4) is 22.9 Å². The Bertz CT molecular complexity index is 517. The number of methoxy groups -OCH3 is 1. The van der Waals surface area contributed by atoms with E-state index < -0.39 is 0 Å². The zero-order valence-electron chi connectivity index (χ0n) is 8.51. The van der Waals surface area contributed by atoms with Crippen LogP contribution < -0.4 is 4.74 Å². The summed E-state index contributed by atoms with van der Waals surface area (Å²) in [6.07, 6.45) is 3.11. The van der Waals surface area contributed by atoms with Gasteiger partial charge in [-0.05, 0) is 18.2 Å². The van der Waals surface area contributed by atoms with Gasteiger partial charge in [0.25, 0.3) is 0 Å². The van der Waals surface area contributed by atoms with Crippen LogP contribution in [0.15, 0.2) is 30.6 Å². The molecule has 0 aliphatic rings. The van der Waals surface area contributed by atoms with Crippen molar-refractivity contribution in [2.75, 3.05) is 7.11 Å². The highest BCUT2D eigenvalue weighted by molar-refractivity contribution is 6.32. The molecule has 5 heteroatoms. The van der Waals surface area contributed by atoms with Gasteiger partial charge in [0.05, 0.1) is 12.1 Å². The third-order valence-electron chi connectivity index (χ3n) is 2.08. The summed E-state index contributed by atoms with van der Waals surface area (Å²) in [5.74, 6) is 0.456. The summed E-state index contributed by atoms with van der Waals surface area (Å²) in [6.45, 7) is 0. The third-order valence-corrected chi connectivity index (χ3v) is 2.38. The molecule has 0 radical (unpaired) electrons. The molecule has 2 rings (SSSR count). The van der Waals surface area contributed by atoms with Gasteiger partial charge in [0.1, 0.15) is 11.4 Å². The highest BCUT2D eigenvalue weighted by Gasteiger charge is 2.09. The zero-order valence-corrected chi connectivity index (χ0v) is 9.27. The molecule has 82 valence electrons. The number of hydrogen-bond donors (Lipinski definition) is 1. The van der Waals surface area contributed by atoms with Crippen LogP contribution in [-0.4, -0.2) is 22.2 Å². The first-order chi connectivity index (χ1) is 7.72. The van der Waals surface area contributed by atoms with E-state index in [0.29, 0.717) is 11.6 Å². The van der Waals surface area contributed by atoms with Crippen molar-refractivity contribution in [3.05, 3.63) is 35.6 Å². The lowest BCUT2D eigenvalue weighted by molar-refractivity contribution is 0.397. The molecule has 0 aliphatic carbocycles. The van der Waals surface area contributed by atoms with Crippen LogP contribution in [0, 0.1) is 0 Å². The predicted octanol–water partition coefficient (Wildman–Crippen LogP) is 2.51. The molecule has 1 aromatic heterocycles. The Hall–Kier alpha value is -1.81. The molecule has 1 N–H and O–H groups in total. The Kier molecular flexibility index (Phi) is 2.92. The van der Waals surface area contributed by atoms with Crippen LogP contribution in [0.2, 0.25) is 5.02 Å². The van der Waals surface area contributed by atoms with E-state index in [1.165, 1.54) is 13.2 Å². The van der Waals surface area contributed by atoms with E-state index in [9.17, 15) is 5.11 Å². The third kappa shape index (κ3) is 1.92. The maximum atomic E-state index is 9.32. The monoisotopic (exact) mass is 236 g/mol. The molecule has 2 aromatic rings. The SMILES string of the molecule is COc1nccnc1-c1ccc(O)c(Cl)c1. The van der Waals surface area contributed by atoms with Crippen molar-refractivity contribution in [3.63, 3.8) is 0 Å². The lowest BCUT2D eigenvalue weighted by atomic mass is 10.1. The summed E-state index contributed by atoms with van der Waals surface area (Å²) >= 11 is 5.82. The number of rotatable bonds is 2. The number of aromatic nitrogens is 2. The molecule has 0 spiro atoms. The largest absolute Gasteiger partial charge is 0.506 e. The average Bonchev–Trinajstić information content (AvgIpc) is 2.32. The van der Waals surface area contributed by atoms with Crippen molar-refractivity contribution >= 4 is 11.6 Å². The molecule has 0 atom stereocenters. The molecule has 0 bridgehead atoms. The fraction of sp³-hybridized carbons (Fsp3) is 0.0909. The molecule has 0 saturated carbocycles. The first kappa shape index (κ1) is 10.7. The summed E-state index contributed by atoms with van der Waals surface area (Å²) in [4.78, 5) is 8.20. The van der Waals surface area contributed by atoms with Crippen molar-refractivity contribution in [2.45, 2.75) is 0 Å². The van der Waals surface area contributed by atoms with Crippen LogP contribution in [0.25, 0.3) is 11.3 Å². The first-order valence-electron chi connectivity index (χ1n) is 4.56. The number of nitrogens with zero attached hydrogens (tertiary/aromatic N) is 2. The van der Waals surface area contributed by atoms with Gasteiger partial charge in [-0.3, -0.25) is 0 Å². The van der Waals surface area contributed by atoms with E-state index in [0.717, 1.165) is 5.56 Å². The molecular weight excluding hydrogens is 228 g/mol. The number of hydrogen-bond acceptors (Lipinski definition) is 4. The number of benzene rings is 1. The number of halogens is 1. The summed E-state index contributed by atoms with van der Waals surface area (Å²) in [6, 6.07) is 4.82. The maximum Gasteiger partial charge on any atom is 0.240 e. The van der Waals surface area contributed by atoms with Gasteiger partial charge in [-0.25, -0.2) is 9.97 Å². The fourth-order valence-corrected chi connectivity index (χ4v) is 1.51. The summed E-state index contributed by atoms with van der Waals surface area (Å²) in [7, 11) is 1.52. The van der Waals surface area contributed by atoms with Gasteiger partial charge >= 0.3 is 0 Å². The second-order valence-corrected chi connectivity index (χ2v) is 3.49. The normalized spacial score (nSPS) is 10.1. The van der Waals surface area contributed by atoms with Crippen molar-refractivity contribution in [2.24, 2.45) is 0 Å². The quantitative estimate of drug-likeness (QED) is 0.871. The Morgan fingerprint density at radius 3 is 2.69 bits per heavy atom. The summed E-state index contributed by atoms with van der Waals surface area (Å²) in [5, 5.41) is 9.59. The van der Waals surface area contributed by atoms with E-state index in [-0.39, 0.29) is 10.8 Å². The Morgan fingerprint density at radius 1 is 1.25 bits per heavy atom. The molecule has 0 aliphatic heterocycles. The second kappa shape index (κ2) is 4.37. The summed E-state index contributed by atoms with van der Waals surface area (Å²) in [5.41, 5.74) is 1.33. The van der Waals surface area contributed by atoms with Crippen LogP contribution in [0.3, 0.4) is 0 Å². The molecule has 0 unspecified atom stereocenters. The Balaban J connectivity index is 2.54. The van der Waals surface area contributed by atoms with Gasteiger partial charge in [0.15, 0.2) is 0 Å². The molecular formula is C11H9ClN2O2. The van der Waals surface area contributed by atoms with E-state index in [4.69, 9.17) is 16.3 Å². The van der Waals surface area contributed by atoms with E-state index in [1.807, 2.05) is 0 Å². The maximum absolute atomic E-state index is 9.32. The summed E-state index contributed by atoms with van der Waals surface area (Å²) < 4.78 is 5.09. The molecule has 0 fully saturated rings. The van der Waals surface area contributed by atoms with Crippen LogP contribution in [0.5, 0.6) is 11.6 Å². The van der Waals surface area contributed by atoms with Gasteiger partial charge in [0, 0.05) is 18.0 Å². The van der Waals surface area contributed by atoms with E-state index in [1.54, 1.807) is 24.5 Å². The van der Waals surface area contributed by atoms with Gasteiger partial charge in [0.2, 0.25) is 5.88 Å². The van der Waals surface area contributed by atoms with Crippen LogP contribution >= 0.6 is 11.6 Å². The van der Waals surface area contributed by atoms with Gasteiger partial charge in [-0.1, -0.05) is 11.6 Å². The van der Waals surface area contributed by atoms with E-state index >= 15 is 0 Å². The smallest absolute Gasteiger partial charge is 0.240 e. The van der Waals surface area contributed by atoms with Crippen molar-refractivity contribution in [1.29, 1.82) is 0 Å². The number of phenols is 1. The van der Waals surface area contributed by atoms with Crippen molar-refractivity contribution < 1.29 is 9.84 Å². The lowest BCUT2D eigenvalue weighted by Gasteiger charge is -2.06. The molecule has 1 heterocycles. The van der Waals surface area contributed by atoms with Gasteiger partial charge in [-0.2, -0.15) is 0 Å². The first-order valence-corrected chi connectivity index (χ1v) is 4.94. The minimum Gasteiger partial charge on any atom is -0.506 e. The second-order valence-electron chi connectivity index (χ2n) is 3.08. The van der Waals surface area contributed by atoms with Crippen LogP contribution in [0.4, 0.5) is 0 Å². The number of aromatic hydroxyl groups is 1. The number of phenolic OH excluding ortho intramolecular Hbond substituents is 1. The number of ether oxygens (including phenoxy) is 1. The highest BCUT2D eigenvalue weighted by Crippen LogP contribution is 2.31. The predicted molar refractivity (Wildman–Crippen MR) is 60.7 cm³/mol. The zero-order chi connectivity index (χ0) is 11.5. The van der Waals surface area contributed by atoms with Crippen LogP contribution in [-0.2, 0) is 0 Å². The Morgan fingerprint density at radius 2 is 2.00 bits per heavy atom. The average molecular weight is 237 g/mol. The molecule has 16 heavy (non-hydrogen) atoms. The highest BCUT2D eigenvalue weighted by atomic mass is 35.5. The molecule has 1 aromatic carbocycles. The molecule has 0 amide bonds. The van der Waals surface area contributed by atoms with Gasteiger partial charge < -0.3 is 9.84 Å². The fourth-order valence-electron chi connectivity index (χ4n) is 1.33. The molecule has 0 saturated heterocycles. The minimum absolute atomic E-state index is 0.0354. The topological polar surface area (TPSA) is 55.2 Å². The lowest BCUT2D eigenvalue weighted by Crippen LogP contribution is -1.93. The minimum atomic E-state index is 0.0354. The standard InChI is InChI=1S/C11H9ClN2O2/c1-16-11-10(13-4-5-14-11)7-2-3-9(15)8(12)6-7/h2-6,15H,1H3. The van der Waals surface area contributed by atoms with Crippen molar-refractivity contribution in [1.82, 2.24) is 9.97 Å². The Labute approximate surface area is 97.5 Å². The van der Waals surface area contributed by atoms with E-state index in [2.05, 4.69) is 9.97 Å². The van der Waals surface area contributed by atoms with Crippen LogP contribution in [0.1, 0.15) is 0 Å². The van der Waals surface area contributed by atoms with Gasteiger partial charge in [-0.15, -0.1) is 0 Å². The molecule has 4 nitrogen and oxygen atoms in total.